The van der Waals surface area contributed by atoms with Gasteiger partial charge in [-0.2, -0.15) is 9.78 Å². The minimum Gasteiger partial charge on any atom is -0.439 e. The van der Waals surface area contributed by atoms with Crippen molar-refractivity contribution in [3.8, 4) is 17.3 Å². The second-order valence-corrected chi connectivity index (χ2v) is 7.90. The lowest BCUT2D eigenvalue weighted by molar-refractivity contribution is -0.116. The van der Waals surface area contributed by atoms with E-state index in [4.69, 9.17) is 9.84 Å². The van der Waals surface area contributed by atoms with Crippen molar-refractivity contribution in [2.24, 2.45) is 0 Å². The first kappa shape index (κ1) is 21.4. The van der Waals surface area contributed by atoms with Crippen molar-refractivity contribution >= 4 is 11.6 Å². The van der Waals surface area contributed by atoms with Crippen LogP contribution in [0.25, 0.3) is 5.69 Å². The molecule has 162 valence electrons. The maximum Gasteiger partial charge on any atom is 0.226 e. The fourth-order valence-corrected chi connectivity index (χ4v) is 3.60. The summed E-state index contributed by atoms with van der Waals surface area (Å²) in [5.74, 6) is 1.34. The van der Waals surface area contributed by atoms with Gasteiger partial charge in [-0.1, -0.05) is 54.1 Å². The van der Waals surface area contributed by atoms with E-state index in [-0.39, 0.29) is 5.91 Å². The quantitative estimate of drug-likeness (QED) is 0.386. The molecule has 5 heteroatoms. The number of carbonyl (C=O) groups excluding carboxylic acids is 1. The summed E-state index contributed by atoms with van der Waals surface area (Å²) in [6, 6.07) is 25.5. The molecular weight excluding hydrogens is 398 g/mol. The first-order chi connectivity index (χ1) is 15.5. The van der Waals surface area contributed by atoms with Crippen molar-refractivity contribution in [3.63, 3.8) is 0 Å². The Morgan fingerprint density at radius 1 is 0.906 bits per heavy atom. The number of benzene rings is 3. The molecule has 4 aromatic rings. The summed E-state index contributed by atoms with van der Waals surface area (Å²) in [7, 11) is 0. The highest BCUT2D eigenvalue weighted by atomic mass is 16.5. The number of aryl methyl sites for hydroxylation is 3. The number of para-hydroxylation sites is 2. The Bertz CT molecular complexity index is 1210. The molecule has 32 heavy (non-hydrogen) atoms. The van der Waals surface area contributed by atoms with Crippen LogP contribution in [0.15, 0.2) is 78.9 Å². The molecule has 4 rings (SSSR count). The topological polar surface area (TPSA) is 56.1 Å². The summed E-state index contributed by atoms with van der Waals surface area (Å²) in [6.45, 7) is 6.05. The van der Waals surface area contributed by atoms with Crippen molar-refractivity contribution in [1.29, 1.82) is 0 Å². The van der Waals surface area contributed by atoms with E-state index in [2.05, 4.69) is 18.3 Å². The van der Waals surface area contributed by atoms with Crippen LogP contribution >= 0.6 is 0 Å². The molecule has 0 aliphatic heterocycles. The van der Waals surface area contributed by atoms with Gasteiger partial charge in [-0.25, -0.2) is 0 Å². The minimum atomic E-state index is -0.0412. The molecule has 1 aromatic heterocycles. The van der Waals surface area contributed by atoms with Crippen LogP contribution in [0.5, 0.6) is 11.6 Å². The van der Waals surface area contributed by atoms with Crippen molar-refractivity contribution in [1.82, 2.24) is 9.78 Å². The van der Waals surface area contributed by atoms with Gasteiger partial charge in [-0.05, 0) is 63.1 Å². The van der Waals surface area contributed by atoms with Gasteiger partial charge in [0.05, 0.1) is 11.4 Å². The Balaban J connectivity index is 1.64. The largest absolute Gasteiger partial charge is 0.439 e. The van der Waals surface area contributed by atoms with Gasteiger partial charge in [0.25, 0.3) is 0 Å². The Kier molecular flexibility index (Phi) is 6.36. The van der Waals surface area contributed by atoms with Crippen molar-refractivity contribution in [2.75, 3.05) is 5.32 Å². The van der Waals surface area contributed by atoms with Gasteiger partial charge in [0, 0.05) is 17.7 Å². The maximum atomic E-state index is 12.6. The van der Waals surface area contributed by atoms with E-state index in [0.717, 1.165) is 33.9 Å². The fraction of sp³-hybridized carbons (Fsp3) is 0.185. The third kappa shape index (κ3) is 4.89. The molecule has 0 bridgehead atoms. The normalized spacial score (nSPS) is 10.7. The zero-order valence-corrected chi connectivity index (χ0v) is 18.6. The van der Waals surface area contributed by atoms with Gasteiger partial charge in [-0.15, -0.1) is 0 Å². The van der Waals surface area contributed by atoms with E-state index in [1.54, 1.807) is 0 Å². The zero-order chi connectivity index (χ0) is 22.5. The molecule has 5 nitrogen and oxygen atoms in total. The number of amides is 1. The summed E-state index contributed by atoms with van der Waals surface area (Å²) >= 11 is 0. The first-order valence-electron chi connectivity index (χ1n) is 10.7. The third-order valence-electron chi connectivity index (χ3n) is 5.38. The fourth-order valence-electron chi connectivity index (χ4n) is 3.60. The van der Waals surface area contributed by atoms with Crippen LogP contribution in [0.2, 0.25) is 0 Å². The van der Waals surface area contributed by atoms with Crippen LogP contribution in [-0.2, 0) is 11.2 Å². The molecule has 0 fully saturated rings. The average molecular weight is 426 g/mol. The molecule has 0 saturated heterocycles. The average Bonchev–Trinajstić information content (AvgIpc) is 3.09. The number of hydrogen-bond acceptors (Lipinski definition) is 3. The van der Waals surface area contributed by atoms with Crippen molar-refractivity contribution < 1.29 is 9.53 Å². The number of ether oxygens (including phenoxy) is 1. The Hall–Kier alpha value is -3.86. The summed E-state index contributed by atoms with van der Waals surface area (Å²) in [5.41, 5.74) is 5.79. The Morgan fingerprint density at radius 2 is 1.59 bits per heavy atom. The Labute approximate surface area is 188 Å². The standard InChI is InChI=1S/C27H27N3O2/c1-19-13-15-23(16-14-19)32-27-24(17-18-26(31)28-22-10-5-4-6-11-22)21(3)29-30(27)25-12-8-7-9-20(25)2/h4-16H,17-18H2,1-3H3,(H,28,31). The predicted molar refractivity (Wildman–Crippen MR) is 128 cm³/mol. The molecule has 0 atom stereocenters. The van der Waals surface area contributed by atoms with E-state index in [1.807, 2.05) is 91.3 Å². The van der Waals surface area contributed by atoms with Gasteiger partial charge in [0.2, 0.25) is 11.8 Å². The van der Waals surface area contributed by atoms with Crippen molar-refractivity contribution in [2.45, 2.75) is 33.6 Å². The lowest BCUT2D eigenvalue weighted by atomic mass is 10.1. The molecule has 1 heterocycles. The zero-order valence-electron chi connectivity index (χ0n) is 18.6. The van der Waals surface area contributed by atoms with Gasteiger partial charge < -0.3 is 10.1 Å². The molecule has 3 aromatic carbocycles. The SMILES string of the molecule is Cc1ccc(Oc2c(CCC(=O)Nc3ccccc3)c(C)nn2-c2ccccc2C)cc1. The third-order valence-corrected chi connectivity index (χ3v) is 5.38. The van der Waals surface area contributed by atoms with E-state index in [9.17, 15) is 4.79 Å². The molecule has 0 saturated carbocycles. The second kappa shape index (κ2) is 9.52. The number of carbonyl (C=O) groups is 1. The van der Waals surface area contributed by atoms with Gasteiger partial charge in [0.15, 0.2) is 0 Å². The summed E-state index contributed by atoms with van der Waals surface area (Å²) < 4.78 is 8.19. The minimum absolute atomic E-state index is 0.0412. The number of nitrogens with zero attached hydrogens (tertiary/aromatic N) is 2. The van der Waals surface area contributed by atoms with E-state index >= 15 is 0 Å². The number of rotatable bonds is 7. The van der Waals surface area contributed by atoms with Crippen LogP contribution in [0.4, 0.5) is 5.69 Å². The predicted octanol–water partition coefficient (Wildman–Crippen LogP) is 6.16. The lowest BCUT2D eigenvalue weighted by Crippen LogP contribution is -2.12. The molecule has 1 N–H and O–H groups in total. The smallest absolute Gasteiger partial charge is 0.226 e. The highest BCUT2D eigenvalue weighted by Gasteiger charge is 2.20. The summed E-state index contributed by atoms with van der Waals surface area (Å²) in [6.07, 6.45) is 0.858. The van der Waals surface area contributed by atoms with Gasteiger partial charge in [0.1, 0.15) is 5.75 Å². The molecule has 0 radical (unpaired) electrons. The maximum absolute atomic E-state index is 12.6. The summed E-state index contributed by atoms with van der Waals surface area (Å²) in [4.78, 5) is 12.6. The molecular formula is C27H27N3O2. The van der Waals surface area contributed by atoms with Crippen LogP contribution < -0.4 is 10.1 Å². The monoisotopic (exact) mass is 425 g/mol. The lowest BCUT2D eigenvalue weighted by Gasteiger charge is -2.13. The number of hydrogen-bond donors (Lipinski definition) is 1. The highest BCUT2D eigenvalue weighted by Crippen LogP contribution is 2.32. The van der Waals surface area contributed by atoms with Gasteiger partial charge >= 0.3 is 0 Å². The van der Waals surface area contributed by atoms with Crippen LogP contribution in [0, 0.1) is 20.8 Å². The van der Waals surface area contributed by atoms with Crippen molar-refractivity contribution in [3.05, 3.63) is 101 Å². The summed E-state index contributed by atoms with van der Waals surface area (Å²) in [5, 5.41) is 7.72. The molecule has 0 spiro atoms. The highest BCUT2D eigenvalue weighted by molar-refractivity contribution is 5.90. The van der Waals surface area contributed by atoms with Crippen LogP contribution in [-0.4, -0.2) is 15.7 Å². The number of aromatic nitrogens is 2. The first-order valence-corrected chi connectivity index (χ1v) is 10.7. The second-order valence-electron chi connectivity index (χ2n) is 7.90. The van der Waals surface area contributed by atoms with Crippen LogP contribution in [0.1, 0.15) is 28.8 Å². The van der Waals surface area contributed by atoms with E-state index in [0.29, 0.717) is 18.7 Å². The Morgan fingerprint density at radius 3 is 2.31 bits per heavy atom. The van der Waals surface area contributed by atoms with E-state index in [1.165, 1.54) is 5.56 Å². The molecule has 0 unspecified atom stereocenters. The van der Waals surface area contributed by atoms with Crippen LogP contribution in [0.3, 0.4) is 0 Å². The molecule has 0 aliphatic rings. The molecule has 0 aliphatic carbocycles. The number of anilines is 1. The van der Waals surface area contributed by atoms with Gasteiger partial charge in [-0.3, -0.25) is 4.79 Å². The van der Waals surface area contributed by atoms with E-state index < -0.39 is 0 Å². The number of nitrogens with one attached hydrogen (secondary N) is 1. The molecule has 1 amide bonds.